The minimum atomic E-state index is -1.89. The highest BCUT2D eigenvalue weighted by atomic mass is 28.4. The van der Waals surface area contributed by atoms with Crippen LogP contribution in [0.4, 0.5) is 4.79 Å². The fourth-order valence-electron chi connectivity index (χ4n) is 3.68. The summed E-state index contributed by atoms with van der Waals surface area (Å²) in [5, 5.41) is 2.86. The van der Waals surface area contributed by atoms with Crippen molar-refractivity contribution in [2.45, 2.75) is 91.1 Å². The Balaban J connectivity index is 5.18. The molecule has 0 aromatic rings. The van der Waals surface area contributed by atoms with Crippen molar-refractivity contribution in [2.24, 2.45) is 5.92 Å². The summed E-state index contributed by atoms with van der Waals surface area (Å²) in [5.41, 5.74) is 1.67. The van der Waals surface area contributed by atoms with Crippen molar-refractivity contribution in [3.8, 4) is 0 Å². The van der Waals surface area contributed by atoms with Crippen LogP contribution in [0, 0.1) is 5.92 Å². The van der Waals surface area contributed by atoms with Gasteiger partial charge in [-0.3, -0.25) is 0 Å². The van der Waals surface area contributed by atoms with Gasteiger partial charge < -0.3 is 14.5 Å². The molecule has 0 saturated carbocycles. The minimum absolute atomic E-state index is 0.0320. The lowest BCUT2D eigenvalue weighted by Gasteiger charge is -2.43. The molecule has 0 aliphatic carbocycles. The molecule has 0 spiro atoms. The number of alkyl carbamates (subject to hydrolysis) is 1. The molecule has 4 nitrogen and oxygen atoms in total. The lowest BCUT2D eigenvalue weighted by atomic mass is 10.0. The Morgan fingerprint density at radius 2 is 1.33 bits per heavy atom. The summed E-state index contributed by atoms with van der Waals surface area (Å²) in [6.45, 7) is 20.0. The van der Waals surface area contributed by atoms with Gasteiger partial charge in [-0.2, -0.15) is 0 Å². The SMILES string of the molecule is COC(=O)NC(/C=C/[C@H](C)O[Si](C(C)C)(C(C)C)C(C)C)C(C)C. The van der Waals surface area contributed by atoms with Gasteiger partial charge >= 0.3 is 6.09 Å². The average Bonchev–Trinajstić information content (AvgIpc) is 2.46. The first-order valence-electron chi connectivity index (χ1n) is 9.19. The highest BCUT2D eigenvalue weighted by Crippen LogP contribution is 2.43. The molecule has 0 aliphatic heterocycles. The van der Waals surface area contributed by atoms with Gasteiger partial charge in [0.2, 0.25) is 8.32 Å². The summed E-state index contributed by atoms with van der Waals surface area (Å²) in [7, 11) is -0.507. The number of hydrogen-bond acceptors (Lipinski definition) is 3. The number of carbonyl (C=O) groups excluding carboxylic acids is 1. The van der Waals surface area contributed by atoms with E-state index in [1.807, 2.05) is 6.08 Å². The number of ether oxygens (including phenoxy) is 1. The van der Waals surface area contributed by atoms with E-state index in [-0.39, 0.29) is 18.1 Å². The van der Waals surface area contributed by atoms with Gasteiger partial charge in [-0.1, -0.05) is 67.5 Å². The fourth-order valence-corrected chi connectivity index (χ4v) is 9.22. The highest BCUT2D eigenvalue weighted by molar-refractivity contribution is 6.77. The van der Waals surface area contributed by atoms with Crippen LogP contribution in [0.3, 0.4) is 0 Å². The van der Waals surface area contributed by atoms with E-state index in [1.54, 1.807) is 0 Å². The third kappa shape index (κ3) is 6.24. The van der Waals surface area contributed by atoms with Gasteiger partial charge in [0.15, 0.2) is 0 Å². The van der Waals surface area contributed by atoms with E-state index in [0.29, 0.717) is 16.6 Å². The lowest BCUT2D eigenvalue weighted by Crippen LogP contribution is -2.49. The average molecular weight is 358 g/mol. The summed E-state index contributed by atoms with van der Waals surface area (Å²) in [5.74, 6) is 0.287. The largest absolute Gasteiger partial charge is 0.453 e. The van der Waals surface area contributed by atoms with Gasteiger partial charge in [-0.25, -0.2) is 4.79 Å². The van der Waals surface area contributed by atoms with E-state index in [2.05, 4.69) is 73.7 Å². The zero-order valence-electron chi connectivity index (χ0n) is 17.3. The first-order valence-corrected chi connectivity index (χ1v) is 11.3. The molecule has 0 radical (unpaired) electrons. The number of methoxy groups -OCH3 is 1. The van der Waals surface area contributed by atoms with E-state index >= 15 is 0 Å². The number of nitrogens with one attached hydrogen (secondary N) is 1. The third-order valence-corrected chi connectivity index (χ3v) is 11.1. The number of rotatable bonds is 9. The van der Waals surface area contributed by atoms with Gasteiger partial charge in [0.1, 0.15) is 0 Å². The molecular formula is C19H39NO3Si. The van der Waals surface area contributed by atoms with Gasteiger partial charge in [0, 0.05) is 0 Å². The van der Waals surface area contributed by atoms with Crippen molar-refractivity contribution in [3.05, 3.63) is 12.2 Å². The van der Waals surface area contributed by atoms with Gasteiger partial charge in [0.25, 0.3) is 0 Å². The summed E-state index contributed by atoms with van der Waals surface area (Å²) in [6, 6.07) is -0.0586. The van der Waals surface area contributed by atoms with Gasteiger partial charge in [-0.15, -0.1) is 0 Å². The summed E-state index contributed by atoms with van der Waals surface area (Å²) >= 11 is 0. The predicted molar refractivity (Wildman–Crippen MR) is 105 cm³/mol. The van der Waals surface area contributed by atoms with Crippen LogP contribution in [0.5, 0.6) is 0 Å². The van der Waals surface area contributed by atoms with Crippen LogP contribution >= 0.6 is 0 Å². The Morgan fingerprint density at radius 1 is 0.875 bits per heavy atom. The standard InChI is InChI=1S/C19H39NO3Si/c1-13(2)18(20-19(21)22-10)12-11-17(9)23-24(14(3)4,15(5)6)16(7)8/h11-18H,1-10H3,(H,20,21)/b12-11+/t17-,18?/m0/s1. The molecular weight excluding hydrogens is 318 g/mol. The van der Waals surface area contributed by atoms with Crippen LogP contribution in [0.25, 0.3) is 0 Å². The van der Waals surface area contributed by atoms with Crippen molar-refractivity contribution in [1.29, 1.82) is 0 Å². The molecule has 0 aromatic carbocycles. The van der Waals surface area contributed by atoms with Crippen molar-refractivity contribution in [1.82, 2.24) is 5.32 Å². The van der Waals surface area contributed by atoms with E-state index < -0.39 is 14.4 Å². The molecule has 142 valence electrons. The molecule has 2 atom stereocenters. The topological polar surface area (TPSA) is 47.6 Å². The maximum Gasteiger partial charge on any atom is 0.407 e. The van der Waals surface area contributed by atoms with Gasteiger partial charge in [-0.05, 0) is 29.5 Å². The zero-order chi connectivity index (χ0) is 19.1. The molecule has 1 N–H and O–H groups in total. The summed E-state index contributed by atoms with van der Waals surface area (Å²) in [4.78, 5) is 11.5. The van der Waals surface area contributed by atoms with Crippen molar-refractivity contribution in [2.75, 3.05) is 7.11 Å². The quantitative estimate of drug-likeness (QED) is 0.437. The van der Waals surface area contributed by atoms with Crippen molar-refractivity contribution >= 4 is 14.4 Å². The van der Waals surface area contributed by atoms with Crippen molar-refractivity contribution in [3.63, 3.8) is 0 Å². The normalized spacial score (nSPS) is 15.6. The maximum atomic E-state index is 11.5. The smallest absolute Gasteiger partial charge is 0.407 e. The molecule has 0 heterocycles. The Morgan fingerprint density at radius 3 is 1.67 bits per heavy atom. The summed E-state index contributed by atoms with van der Waals surface area (Å²) < 4.78 is 11.4. The second kappa shape index (κ2) is 10.2. The van der Waals surface area contributed by atoms with E-state index in [9.17, 15) is 4.79 Å². The van der Waals surface area contributed by atoms with Crippen molar-refractivity contribution < 1.29 is 14.0 Å². The Bertz CT molecular complexity index is 384. The molecule has 0 saturated heterocycles. The van der Waals surface area contributed by atoms with Crippen LogP contribution in [0.15, 0.2) is 12.2 Å². The zero-order valence-corrected chi connectivity index (χ0v) is 18.3. The molecule has 0 aromatic heterocycles. The Kier molecular flexibility index (Phi) is 9.89. The predicted octanol–water partition coefficient (Wildman–Crippen LogP) is 5.50. The molecule has 1 amide bonds. The Hall–Kier alpha value is -0.813. The van der Waals surface area contributed by atoms with Crippen LogP contribution in [0.2, 0.25) is 16.6 Å². The molecule has 0 fully saturated rings. The third-order valence-electron chi connectivity index (χ3n) is 4.87. The monoisotopic (exact) mass is 357 g/mol. The van der Waals surface area contributed by atoms with Gasteiger partial charge in [0.05, 0.1) is 19.3 Å². The molecule has 5 heteroatoms. The number of hydrogen-bond donors (Lipinski definition) is 1. The van der Waals surface area contributed by atoms with E-state index in [1.165, 1.54) is 7.11 Å². The molecule has 24 heavy (non-hydrogen) atoms. The number of amides is 1. The van der Waals surface area contributed by atoms with Crippen LogP contribution < -0.4 is 5.32 Å². The van der Waals surface area contributed by atoms with E-state index in [0.717, 1.165) is 0 Å². The molecule has 1 unspecified atom stereocenters. The number of carbonyl (C=O) groups is 1. The minimum Gasteiger partial charge on any atom is -0.453 e. The highest BCUT2D eigenvalue weighted by Gasteiger charge is 2.45. The second-order valence-corrected chi connectivity index (χ2v) is 13.3. The van der Waals surface area contributed by atoms with Crippen LogP contribution in [0.1, 0.15) is 62.3 Å². The first kappa shape index (κ1) is 23.2. The lowest BCUT2D eigenvalue weighted by molar-refractivity contribution is 0.166. The fraction of sp³-hybridized carbons (Fsp3) is 0.842. The molecule has 0 rings (SSSR count). The molecule has 0 aliphatic rings. The molecule has 0 bridgehead atoms. The first-order chi connectivity index (χ1) is 11.0. The second-order valence-electron chi connectivity index (χ2n) is 7.93. The Labute approximate surface area is 150 Å². The summed E-state index contributed by atoms with van der Waals surface area (Å²) in [6.07, 6.45) is 3.74. The van der Waals surface area contributed by atoms with E-state index in [4.69, 9.17) is 9.16 Å². The van der Waals surface area contributed by atoms with Crippen LogP contribution in [-0.4, -0.2) is 33.7 Å². The maximum absolute atomic E-state index is 11.5. The van der Waals surface area contributed by atoms with Crippen LogP contribution in [-0.2, 0) is 9.16 Å².